The molecule has 0 aliphatic rings. The predicted molar refractivity (Wildman–Crippen MR) is 113 cm³/mol. The number of nitrogens with zero attached hydrogens (tertiary/aromatic N) is 1. The third-order valence-electron chi connectivity index (χ3n) is 4.40. The Morgan fingerprint density at radius 1 is 0.968 bits per heavy atom. The van der Waals surface area contributed by atoms with Gasteiger partial charge < -0.3 is 5.32 Å². The number of halogens is 4. The number of alkyl halides is 3. The van der Waals surface area contributed by atoms with Crippen molar-refractivity contribution in [1.29, 1.82) is 0 Å². The number of hydrogen-bond donors (Lipinski definition) is 1. The van der Waals surface area contributed by atoms with Crippen LogP contribution in [0.1, 0.15) is 15.9 Å². The number of sulfonamides is 1. The van der Waals surface area contributed by atoms with Gasteiger partial charge in [0.2, 0.25) is 0 Å². The highest BCUT2D eigenvalue weighted by molar-refractivity contribution is 7.92. The normalized spacial score (nSPS) is 11.8. The van der Waals surface area contributed by atoms with Crippen molar-refractivity contribution in [3.63, 3.8) is 0 Å². The van der Waals surface area contributed by atoms with Crippen LogP contribution in [0.5, 0.6) is 0 Å². The number of rotatable bonds is 5. The Morgan fingerprint density at radius 2 is 1.61 bits per heavy atom. The highest BCUT2D eigenvalue weighted by Gasteiger charge is 2.30. The maximum atomic E-state index is 13.0. The van der Waals surface area contributed by atoms with Gasteiger partial charge in [0.1, 0.15) is 0 Å². The number of benzene rings is 3. The average molecular weight is 469 g/mol. The van der Waals surface area contributed by atoms with Gasteiger partial charge in [0.25, 0.3) is 15.9 Å². The van der Waals surface area contributed by atoms with Gasteiger partial charge in [0.15, 0.2) is 0 Å². The van der Waals surface area contributed by atoms with Crippen LogP contribution in [0, 0.1) is 0 Å². The Kier molecular flexibility index (Phi) is 6.28. The molecule has 0 bridgehead atoms. The molecule has 5 nitrogen and oxygen atoms in total. The van der Waals surface area contributed by atoms with E-state index in [4.69, 9.17) is 11.6 Å². The SMILES string of the molecule is CN(c1cccc(Cl)c1)S(=O)(=O)c1cccc(C(=O)Nc2ccc(C(F)(F)F)cc2)c1. The van der Waals surface area contributed by atoms with E-state index in [0.29, 0.717) is 10.7 Å². The van der Waals surface area contributed by atoms with Crippen LogP contribution in [0.25, 0.3) is 0 Å². The summed E-state index contributed by atoms with van der Waals surface area (Å²) in [5.74, 6) is -0.665. The van der Waals surface area contributed by atoms with E-state index < -0.39 is 27.7 Å². The van der Waals surface area contributed by atoms with Crippen LogP contribution in [0.15, 0.2) is 77.7 Å². The van der Waals surface area contributed by atoms with Crippen molar-refractivity contribution >= 4 is 38.9 Å². The van der Waals surface area contributed by atoms with Crippen LogP contribution < -0.4 is 9.62 Å². The Bertz CT molecular complexity index is 1210. The van der Waals surface area contributed by atoms with Gasteiger partial charge in [-0.25, -0.2) is 8.42 Å². The summed E-state index contributed by atoms with van der Waals surface area (Å²) in [4.78, 5) is 12.4. The summed E-state index contributed by atoms with van der Waals surface area (Å²) in [6, 6.07) is 15.5. The molecule has 0 atom stereocenters. The third-order valence-corrected chi connectivity index (χ3v) is 6.41. The topological polar surface area (TPSA) is 66.5 Å². The van der Waals surface area contributed by atoms with Gasteiger partial charge in [-0.15, -0.1) is 0 Å². The molecule has 0 aliphatic heterocycles. The van der Waals surface area contributed by atoms with Crippen molar-refractivity contribution < 1.29 is 26.4 Å². The summed E-state index contributed by atoms with van der Waals surface area (Å²) in [5.41, 5.74) is -0.336. The number of anilines is 2. The number of hydrogen-bond acceptors (Lipinski definition) is 3. The minimum atomic E-state index is -4.49. The summed E-state index contributed by atoms with van der Waals surface area (Å²) in [5, 5.41) is 2.82. The molecule has 0 heterocycles. The highest BCUT2D eigenvalue weighted by Crippen LogP contribution is 2.30. The third kappa shape index (κ3) is 5.18. The fourth-order valence-electron chi connectivity index (χ4n) is 2.71. The van der Waals surface area contributed by atoms with E-state index in [-0.39, 0.29) is 16.1 Å². The summed E-state index contributed by atoms with van der Waals surface area (Å²) >= 11 is 5.93. The monoisotopic (exact) mass is 468 g/mol. The molecule has 0 unspecified atom stereocenters. The van der Waals surface area contributed by atoms with Crippen molar-refractivity contribution in [2.45, 2.75) is 11.1 Å². The predicted octanol–water partition coefficient (Wildman–Crippen LogP) is 5.44. The molecule has 10 heteroatoms. The molecule has 1 amide bonds. The number of nitrogens with one attached hydrogen (secondary N) is 1. The van der Waals surface area contributed by atoms with E-state index in [1.165, 1.54) is 37.4 Å². The van der Waals surface area contributed by atoms with Gasteiger partial charge >= 0.3 is 6.18 Å². The van der Waals surface area contributed by atoms with E-state index in [1.54, 1.807) is 18.2 Å². The number of amides is 1. The summed E-state index contributed by atoms with van der Waals surface area (Å²) < 4.78 is 64.9. The molecular formula is C21H16ClF3N2O3S. The van der Waals surface area contributed by atoms with Crippen LogP contribution >= 0.6 is 11.6 Å². The molecular weight excluding hydrogens is 453 g/mol. The Balaban J connectivity index is 1.83. The van der Waals surface area contributed by atoms with Gasteiger partial charge in [-0.1, -0.05) is 23.7 Å². The molecule has 31 heavy (non-hydrogen) atoms. The Hall–Kier alpha value is -3.04. The second kappa shape index (κ2) is 8.60. The lowest BCUT2D eigenvalue weighted by atomic mass is 10.2. The smallest absolute Gasteiger partial charge is 0.322 e. The molecule has 1 N–H and O–H groups in total. The largest absolute Gasteiger partial charge is 0.416 e. The van der Waals surface area contributed by atoms with Crippen LogP contribution in [-0.4, -0.2) is 21.4 Å². The molecule has 0 saturated carbocycles. The molecule has 0 spiro atoms. The first kappa shape index (κ1) is 22.6. The first-order valence-corrected chi connectivity index (χ1v) is 10.6. The number of carbonyl (C=O) groups excluding carboxylic acids is 1. The first-order chi connectivity index (χ1) is 14.5. The minimum absolute atomic E-state index is 0.0282. The molecule has 3 rings (SSSR count). The zero-order valence-electron chi connectivity index (χ0n) is 16.0. The van der Waals surface area contributed by atoms with Crippen molar-refractivity contribution in [1.82, 2.24) is 0 Å². The van der Waals surface area contributed by atoms with Crippen LogP contribution in [-0.2, 0) is 16.2 Å². The summed E-state index contributed by atoms with van der Waals surface area (Å²) in [6.45, 7) is 0. The maximum Gasteiger partial charge on any atom is 0.416 e. The Labute approximate surface area is 182 Å². The van der Waals surface area contributed by atoms with E-state index in [9.17, 15) is 26.4 Å². The van der Waals surface area contributed by atoms with Crippen LogP contribution in [0.4, 0.5) is 24.5 Å². The maximum absolute atomic E-state index is 13.0. The van der Waals surface area contributed by atoms with Gasteiger partial charge in [0, 0.05) is 23.3 Å². The molecule has 162 valence electrons. The molecule has 3 aromatic rings. The van der Waals surface area contributed by atoms with E-state index in [1.807, 2.05) is 0 Å². The molecule has 0 radical (unpaired) electrons. The van der Waals surface area contributed by atoms with E-state index >= 15 is 0 Å². The average Bonchev–Trinajstić information content (AvgIpc) is 2.73. The molecule has 0 saturated heterocycles. The van der Waals surface area contributed by atoms with Crippen molar-refractivity contribution in [3.8, 4) is 0 Å². The van der Waals surface area contributed by atoms with E-state index in [0.717, 1.165) is 28.6 Å². The standard InChI is InChI=1S/C21H16ClF3N2O3S/c1-27(18-6-3-5-16(22)13-18)31(29,30)19-7-2-4-14(12-19)20(28)26-17-10-8-15(9-11-17)21(23,24)25/h2-13H,1H3,(H,26,28). The summed E-state index contributed by atoms with van der Waals surface area (Å²) in [6.07, 6.45) is -4.49. The van der Waals surface area contributed by atoms with Crippen molar-refractivity contribution in [3.05, 3.63) is 88.9 Å². The fraction of sp³-hybridized carbons (Fsp3) is 0.0952. The van der Waals surface area contributed by atoms with Gasteiger partial charge in [-0.2, -0.15) is 13.2 Å². The van der Waals surface area contributed by atoms with E-state index in [2.05, 4.69) is 5.32 Å². The van der Waals surface area contributed by atoms with Gasteiger partial charge in [-0.3, -0.25) is 9.10 Å². The summed E-state index contributed by atoms with van der Waals surface area (Å²) in [7, 11) is -2.63. The number of carbonyl (C=O) groups is 1. The second-order valence-corrected chi connectivity index (χ2v) is 8.92. The second-order valence-electron chi connectivity index (χ2n) is 6.51. The zero-order chi connectivity index (χ0) is 22.8. The minimum Gasteiger partial charge on any atom is -0.322 e. The quantitative estimate of drug-likeness (QED) is 0.542. The molecule has 0 aromatic heterocycles. The molecule has 0 aliphatic carbocycles. The van der Waals surface area contributed by atoms with Crippen LogP contribution in [0.2, 0.25) is 5.02 Å². The van der Waals surface area contributed by atoms with Crippen molar-refractivity contribution in [2.24, 2.45) is 0 Å². The first-order valence-electron chi connectivity index (χ1n) is 8.82. The lowest BCUT2D eigenvalue weighted by molar-refractivity contribution is -0.137. The highest BCUT2D eigenvalue weighted by atomic mass is 35.5. The van der Waals surface area contributed by atoms with Gasteiger partial charge in [0.05, 0.1) is 16.1 Å². The fourth-order valence-corrected chi connectivity index (χ4v) is 4.13. The van der Waals surface area contributed by atoms with Crippen molar-refractivity contribution in [2.75, 3.05) is 16.7 Å². The molecule has 0 fully saturated rings. The lowest BCUT2D eigenvalue weighted by Crippen LogP contribution is -2.26. The van der Waals surface area contributed by atoms with Crippen LogP contribution in [0.3, 0.4) is 0 Å². The lowest BCUT2D eigenvalue weighted by Gasteiger charge is -2.20. The zero-order valence-corrected chi connectivity index (χ0v) is 17.6. The van der Waals surface area contributed by atoms with Gasteiger partial charge in [-0.05, 0) is 60.7 Å². The Morgan fingerprint density at radius 3 is 2.23 bits per heavy atom. The molecule has 3 aromatic carbocycles.